The molecule has 0 saturated heterocycles. The van der Waals surface area contributed by atoms with Gasteiger partial charge >= 0.3 is 0 Å². The monoisotopic (exact) mass is 412 g/mol. The minimum atomic E-state index is -0.943. The molecule has 2 aromatic carbocycles. The summed E-state index contributed by atoms with van der Waals surface area (Å²) in [6, 6.07) is 7.35. The largest absolute Gasteiger partial charge is 0.495 e. The van der Waals surface area contributed by atoms with Crippen molar-refractivity contribution in [3.8, 4) is 11.5 Å². The zero-order valence-electron chi connectivity index (χ0n) is 14.4. The normalized spacial score (nSPS) is 15.7. The summed E-state index contributed by atoms with van der Waals surface area (Å²) in [6.07, 6.45) is -0.874. The number of ether oxygens (including phenoxy) is 2. The maximum atomic E-state index is 14.0. The Morgan fingerprint density at radius 2 is 1.96 bits per heavy atom. The molecule has 1 atom stereocenters. The van der Waals surface area contributed by atoms with Crippen molar-refractivity contribution in [1.82, 2.24) is 0 Å². The number of anilines is 1. The predicted octanol–water partition coefficient (Wildman–Crippen LogP) is 4.28. The number of hydrogen-bond donors (Lipinski definition) is 1. The van der Waals surface area contributed by atoms with E-state index >= 15 is 0 Å². The Labute approximate surface area is 164 Å². The average Bonchev–Trinajstić information content (AvgIpc) is 3.12. The summed E-state index contributed by atoms with van der Waals surface area (Å²) in [6.45, 7) is 0. The summed E-state index contributed by atoms with van der Waals surface area (Å²) in [5.41, 5.74) is 0.740. The minimum absolute atomic E-state index is 0.0690. The quantitative estimate of drug-likeness (QED) is 0.795. The van der Waals surface area contributed by atoms with Gasteiger partial charge in [0.1, 0.15) is 17.3 Å². The molecule has 1 aliphatic heterocycles. The summed E-state index contributed by atoms with van der Waals surface area (Å²) in [5.74, 6) is -0.292. The molecule has 0 saturated carbocycles. The van der Waals surface area contributed by atoms with Crippen LogP contribution in [0.25, 0.3) is 0 Å². The lowest BCUT2D eigenvalue weighted by Crippen LogP contribution is -2.28. The minimum Gasteiger partial charge on any atom is -0.495 e. The molecule has 27 heavy (non-hydrogen) atoms. The number of carbonyl (C=O) groups excluding carboxylic acids is 1. The van der Waals surface area contributed by atoms with Crippen LogP contribution in [0, 0.1) is 5.82 Å². The van der Waals surface area contributed by atoms with Crippen molar-refractivity contribution in [2.75, 3.05) is 19.5 Å². The Bertz CT molecular complexity index is 900. The molecule has 1 aliphatic rings. The number of methoxy groups -OCH3 is 2. The van der Waals surface area contributed by atoms with Gasteiger partial charge in [-0.25, -0.2) is 4.39 Å². The number of rotatable bonds is 5. The van der Waals surface area contributed by atoms with Gasteiger partial charge in [-0.1, -0.05) is 34.4 Å². The van der Waals surface area contributed by atoms with Crippen LogP contribution in [0.5, 0.6) is 11.5 Å². The Hall–Kier alpha value is -2.51. The fourth-order valence-corrected chi connectivity index (χ4v) is 3.11. The third-order valence-electron chi connectivity index (χ3n) is 3.94. The zero-order valence-corrected chi connectivity index (χ0v) is 15.9. The highest BCUT2D eigenvalue weighted by atomic mass is 35.5. The topological polar surface area (TPSA) is 69.2 Å². The van der Waals surface area contributed by atoms with Gasteiger partial charge < -0.3 is 19.6 Å². The molecule has 1 N–H and O–H groups in total. The van der Waals surface area contributed by atoms with E-state index in [1.807, 2.05) is 0 Å². The van der Waals surface area contributed by atoms with Crippen LogP contribution >= 0.6 is 23.2 Å². The lowest BCUT2D eigenvalue weighted by atomic mass is 10.0. The first-order valence-corrected chi connectivity index (χ1v) is 8.59. The molecule has 0 aromatic heterocycles. The van der Waals surface area contributed by atoms with Crippen molar-refractivity contribution in [1.29, 1.82) is 0 Å². The van der Waals surface area contributed by atoms with Crippen molar-refractivity contribution in [2.45, 2.75) is 12.5 Å². The van der Waals surface area contributed by atoms with Gasteiger partial charge in [-0.2, -0.15) is 0 Å². The van der Waals surface area contributed by atoms with Crippen LogP contribution in [0.2, 0.25) is 10.0 Å². The third kappa shape index (κ3) is 3.94. The third-order valence-corrected chi connectivity index (χ3v) is 4.55. The van der Waals surface area contributed by atoms with Gasteiger partial charge in [0, 0.05) is 18.6 Å². The van der Waals surface area contributed by atoms with Gasteiger partial charge in [-0.3, -0.25) is 4.79 Å². The van der Waals surface area contributed by atoms with Crippen LogP contribution in [-0.4, -0.2) is 31.9 Å². The van der Waals surface area contributed by atoms with E-state index in [0.29, 0.717) is 22.2 Å². The first-order valence-electron chi connectivity index (χ1n) is 7.84. The average molecular weight is 413 g/mol. The highest BCUT2D eigenvalue weighted by Crippen LogP contribution is 2.36. The number of benzene rings is 2. The van der Waals surface area contributed by atoms with E-state index in [4.69, 9.17) is 37.5 Å². The summed E-state index contributed by atoms with van der Waals surface area (Å²) in [7, 11) is 2.90. The summed E-state index contributed by atoms with van der Waals surface area (Å²) in [4.78, 5) is 17.7. The van der Waals surface area contributed by atoms with E-state index in [2.05, 4.69) is 10.5 Å². The Balaban J connectivity index is 1.76. The lowest BCUT2D eigenvalue weighted by Gasteiger charge is -2.14. The van der Waals surface area contributed by atoms with Gasteiger partial charge in [-0.15, -0.1) is 0 Å². The van der Waals surface area contributed by atoms with Crippen molar-refractivity contribution in [2.24, 2.45) is 5.16 Å². The van der Waals surface area contributed by atoms with Gasteiger partial charge in [0.25, 0.3) is 5.91 Å². The number of hydrogen-bond acceptors (Lipinski definition) is 5. The molecule has 9 heteroatoms. The standard InChI is InChI=1S/C18H15Cl2FN2O4/c1-25-14-7-12(15(26-2)6-10(14)20)22-18(24)16-8-13(23-27-16)17-9(19)4-3-5-11(17)21/h3-7,16H,8H2,1-2H3,(H,22,24)/t16-/m1/s1. The first kappa shape index (κ1) is 19.3. The van der Waals surface area contributed by atoms with Crippen LogP contribution in [0.1, 0.15) is 12.0 Å². The number of carbonyl (C=O) groups is 1. The van der Waals surface area contributed by atoms with Crippen molar-refractivity contribution >= 4 is 40.5 Å². The highest BCUT2D eigenvalue weighted by Gasteiger charge is 2.31. The molecule has 1 amide bonds. The Morgan fingerprint density at radius 3 is 2.63 bits per heavy atom. The van der Waals surface area contributed by atoms with Gasteiger partial charge in [0.15, 0.2) is 0 Å². The molecule has 6 nitrogen and oxygen atoms in total. The molecule has 2 aromatic rings. The van der Waals surface area contributed by atoms with Crippen molar-refractivity contribution in [3.63, 3.8) is 0 Å². The number of oxime groups is 1. The van der Waals surface area contributed by atoms with Crippen LogP contribution in [0.3, 0.4) is 0 Å². The van der Waals surface area contributed by atoms with E-state index in [0.717, 1.165) is 0 Å². The molecule has 0 bridgehead atoms. The van der Waals surface area contributed by atoms with Crippen LogP contribution in [0.4, 0.5) is 10.1 Å². The first-order chi connectivity index (χ1) is 12.9. The molecule has 0 spiro atoms. The number of nitrogens with zero attached hydrogens (tertiary/aromatic N) is 1. The van der Waals surface area contributed by atoms with E-state index in [1.54, 1.807) is 6.07 Å². The molecule has 0 aliphatic carbocycles. The number of halogens is 3. The second-order valence-corrected chi connectivity index (χ2v) is 6.42. The number of nitrogens with one attached hydrogen (secondary N) is 1. The van der Waals surface area contributed by atoms with E-state index in [-0.39, 0.29) is 22.7 Å². The van der Waals surface area contributed by atoms with Crippen molar-refractivity contribution < 1.29 is 23.5 Å². The zero-order chi connectivity index (χ0) is 19.6. The second kappa shape index (κ2) is 8.02. The molecule has 1 heterocycles. The van der Waals surface area contributed by atoms with Gasteiger partial charge in [0.2, 0.25) is 6.10 Å². The molecular weight excluding hydrogens is 398 g/mol. The molecule has 142 valence electrons. The smallest absolute Gasteiger partial charge is 0.268 e. The van der Waals surface area contributed by atoms with E-state index in [9.17, 15) is 9.18 Å². The Morgan fingerprint density at radius 1 is 1.22 bits per heavy atom. The fraction of sp³-hybridized carbons (Fsp3) is 0.222. The van der Waals surface area contributed by atoms with Gasteiger partial charge in [-0.05, 0) is 12.1 Å². The second-order valence-electron chi connectivity index (χ2n) is 5.61. The summed E-state index contributed by atoms with van der Waals surface area (Å²) >= 11 is 12.1. The maximum absolute atomic E-state index is 14.0. The molecule has 0 radical (unpaired) electrons. The summed E-state index contributed by atoms with van der Waals surface area (Å²) in [5, 5.41) is 7.03. The summed E-state index contributed by atoms with van der Waals surface area (Å²) < 4.78 is 24.4. The van der Waals surface area contributed by atoms with Crippen LogP contribution in [-0.2, 0) is 9.63 Å². The molecule has 0 fully saturated rings. The highest BCUT2D eigenvalue weighted by molar-refractivity contribution is 6.34. The Kier molecular flexibility index (Phi) is 5.72. The fourth-order valence-electron chi connectivity index (χ4n) is 2.61. The predicted molar refractivity (Wildman–Crippen MR) is 101 cm³/mol. The van der Waals surface area contributed by atoms with E-state index < -0.39 is 17.8 Å². The lowest BCUT2D eigenvalue weighted by molar-refractivity contribution is -0.125. The van der Waals surface area contributed by atoms with Crippen LogP contribution in [0.15, 0.2) is 35.5 Å². The van der Waals surface area contributed by atoms with E-state index in [1.165, 1.54) is 38.5 Å². The number of amides is 1. The maximum Gasteiger partial charge on any atom is 0.268 e. The SMILES string of the molecule is COc1cc(NC(=O)[C@H]2CC(c3c(F)cccc3Cl)=NO2)c(OC)cc1Cl. The molecule has 3 rings (SSSR count). The molecular formula is C18H15Cl2FN2O4. The van der Waals surface area contributed by atoms with Gasteiger partial charge in [0.05, 0.1) is 41.2 Å². The van der Waals surface area contributed by atoms with Crippen molar-refractivity contribution in [3.05, 3.63) is 51.8 Å². The van der Waals surface area contributed by atoms with Crippen LogP contribution < -0.4 is 14.8 Å². The molecule has 0 unspecified atom stereocenters.